The van der Waals surface area contributed by atoms with Gasteiger partial charge in [-0.25, -0.2) is 0 Å². The van der Waals surface area contributed by atoms with Crippen molar-refractivity contribution >= 4 is 10.8 Å². The lowest BCUT2D eigenvalue weighted by atomic mass is 10.1. The molecule has 1 saturated heterocycles. The summed E-state index contributed by atoms with van der Waals surface area (Å²) in [6.07, 6.45) is 0. The number of nitrogens with zero attached hydrogens (tertiary/aromatic N) is 2. The molecule has 3 rings (SSSR count). The minimum atomic E-state index is 1.01. The molecule has 0 spiro atoms. The van der Waals surface area contributed by atoms with E-state index in [9.17, 15) is 0 Å². The molecule has 1 heterocycles. The molecule has 1 N–H and O–H groups in total. The van der Waals surface area contributed by atoms with Crippen LogP contribution in [0.3, 0.4) is 0 Å². The van der Waals surface area contributed by atoms with Gasteiger partial charge in [0.15, 0.2) is 0 Å². The van der Waals surface area contributed by atoms with Gasteiger partial charge in [-0.1, -0.05) is 36.4 Å². The third-order valence-electron chi connectivity index (χ3n) is 3.92. The SMILES string of the molecule is CN(Cc1ccc2ccccc2c1)CN1CCNCC1. The van der Waals surface area contributed by atoms with Gasteiger partial charge in [0.05, 0.1) is 6.67 Å². The lowest BCUT2D eigenvalue weighted by molar-refractivity contribution is 0.135. The zero-order chi connectivity index (χ0) is 13.8. The second-order valence-electron chi connectivity index (χ2n) is 5.71. The Morgan fingerprint density at radius 2 is 1.80 bits per heavy atom. The summed E-state index contributed by atoms with van der Waals surface area (Å²) in [5.74, 6) is 0. The van der Waals surface area contributed by atoms with Crippen molar-refractivity contribution in [3.63, 3.8) is 0 Å². The van der Waals surface area contributed by atoms with Crippen molar-refractivity contribution in [3.8, 4) is 0 Å². The molecule has 2 aromatic carbocycles. The predicted molar refractivity (Wildman–Crippen MR) is 84.7 cm³/mol. The minimum Gasteiger partial charge on any atom is -0.314 e. The number of hydrogen-bond acceptors (Lipinski definition) is 3. The van der Waals surface area contributed by atoms with Crippen LogP contribution in [0.15, 0.2) is 42.5 Å². The molecule has 0 aliphatic carbocycles. The fraction of sp³-hybridized carbons (Fsp3) is 0.412. The third kappa shape index (κ3) is 3.37. The van der Waals surface area contributed by atoms with Crippen LogP contribution in [0.5, 0.6) is 0 Å². The summed E-state index contributed by atoms with van der Waals surface area (Å²) in [5, 5.41) is 6.05. The van der Waals surface area contributed by atoms with Crippen molar-refractivity contribution in [2.75, 3.05) is 39.9 Å². The first-order chi connectivity index (χ1) is 9.81. The maximum Gasteiger partial charge on any atom is 0.0507 e. The molecule has 1 fully saturated rings. The van der Waals surface area contributed by atoms with Crippen LogP contribution < -0.4 is 5.32 Å². The van der Waals surface area contributed by atoms with Gasteiger partial charge in [-0.2, -0.15) is 0 Å². The Kier molecular flexibility index (Phi) is 4.31. The standard InChI is InChI=1S/C17H23N3/c1-19(14-20-10-8-18-9-11-20)13-15-6-7-16-4-2-3-5-17(16)12-15/h2-7,12,18H,8-11,13-14H2,1H3. The molecule has 1 aliphatic rings. The van der Waals surface area contributed by atoms with Gasteiger partial charge in [-0.15, -0.1) is 0 Å². The molecule has 0 saturated carbocycles. The summed E-state index contributed by atoms with van der Waals surface area (Å²) in [7, 11) is 2.21. The van der Waals surface area contributed by atoms with Crippen molar-refractivity contribution in [3.05, 3.63) is 48.0 Å². The predicted octanol–water partition coefficient (Wildman–Crippen LogP) is 2.13. The molecule has 2 aromatic rings. The summed E-state index contributed by atoms with van der Waals surface area (Å²) >= 11 is 0. The number of nitrogens with one attached hydrogen (secondary N) is 1. The fourth-order valence-corrected chi connectivity index (χ4v) is 2.89. The summed E-state index contributed by atoms with van der Waals surface area (Å²) in [6, 6.07) is 15.3. The van der Waals surface area contributed by atoms with E-state index in [0.29, 0.717) is 0 Å². The monoisotopic (exact) mass is 269 g/mol. The average molecular weight is 269 g/mol. The van der Waals surface area contributed by atoms with Gasteiger partial charge in [-0.05, 0) is 29.4 Å². The van der Waals surface area contributed by atoms with E-state index < -0.39 is 0 Å². The van der Waals surface area contributed by atoms with Gasteiger partial charge in [0.2, 0.25) is 0 Å². The zero-order valence-corrected chi connectivity index (χ0v) is 12.2. The van der Waals surface area contributed by atoms with E-state index in [4.69, 9.17) is 0 Å². The smallest absolute Gasteiger partial charge is 0.0507 e. The van der Waals surface area contributed by atoms with Crippen LogP contribution in [0.1, 0.15) is 5.56 Å². The van der Waals surface area contributed by atoms with E-state index in [1.807, 2.05) is 0 Å². The largest absolute Gasteiger partial charge is 0.314 e. The molecule has 0 atom stereocenters. The van der Waals surface area contributed by atoms with E-state index in [1.54, 1.807) is 0 Å². The molecule has 0 amide bonds. The molecule has 106 valence electrons. The van der Waals surface area contributed by atoms with E-state index in [-0.39, 0.29) is 0 Å². The zero-order valence-electron chi connectivity index (χ0n) is 12.2. The molecule has 20 heavy (non-hydrogen) atoms. The van der Waals surface area contributed by atoms with Gasteiger partial charge < -0.3 is 5.32 Å². The highest BCUT2D eigenvalue weighted by Crippen LogP contribution is 2.16. The van der Waals surface area contributed by atoms with Gasteiger partial charge in [-0.3, -0.25) is 9.80 Å². The van der Waals surface area contributed by atoms with Crippen LogP contribution in [0.2, 0.25) is 0 Å². The summed E-state index contributed by atoms with van der Waals surface area (Å²) in [4.78, 5) is 4.91. The van der Waals surface area contributed by atoms with Crippen LogP contribution in [-0.2, 0) is 6.54 Å². The Bertz CT molecular complexity index is 561. The molecule has 0 bridgehead atoms. The highest BCUT2D eigenvalue weighted by atomic mass is 15.3. The first-order valence-corrected chi connectivity index (χ1v) is 7.40. The second kappa shape index (κ2) is 6.35. The number of fused-ring (bicyclic) bond motifs is 1. The van der Waals surface area contributed by atoms with Crippen molar-refractivity contribution in [1.82, 2.24) is 15.1 Å². The molecular weight excluding hydrogens is 246 g/mol. The molecule has 1 aliphatic heterocycles. The third-order valence-corrected chi connectivity index (χ3v) is 3.92. The first kappa shape index (κ1) is 13.6. The Labute approximate surface area is 121 Å². The molecule has 3 nitrogen and oxygen atoms in total. The first-order valence-electron chi connectivity index (χ1n) is 7.40. The summed E-state index contributed by atoms with van der Waals surface area (Å²) in [6.45, 7) is 6.60. The number of rotatable bonds is 4. The topological polar surface area (TPSA) is 18.5 Å². The van der Waals surface area contributed by atoms with Crippen molar-refractivity contribution < 1.29 is 0 Å². The molecule has 0 radical (unpaired) electrons. The van der Waals surface area contributed by atoms with Crippen LogP contribution in [0.25, 0.3) is 10.8 Å². The van der Waals surface area contributed by atoms with E-state index in [2.05, 4.69) is 64.6 Å². The molecular formula is C17H23N3. The lowest BCUT2D eigenvalue weighted by Crippen LogP contribution is -2.47. The van der Waals surface area contributed by atoms with Crippen LogP contribution in [0.4, 0.5) is 0 Å². The van der Waals surface area contributed by atoms with Crippen LogP contribution >= 0.6 is 0 Å². The number of benzene rings is 2. The Hall–Kier alpha value is -1.42. The fourth-order valence-electron chi connectivity index (χ4n) is 2.89. The Morgan fingerprint density at radius 3 is 2.60 bits per heavy atom. The maximum absolute atomic E-state index is 3.40. The molecule has 3 heteroatoms. The highest BCUT2D eigenvalue weighted by Gasteiger charge is 2.11. The van der Waals surface area contributed by atoms with Crippen molar-refractivity contribution in [2.45, 2.75) is 6.54 Å². The molecule has 0 aromatic heterocycles. The highest BCUT2D eigenvalue weighted by molar-refractivity contribution is 5.82. The summed E-state index contributed by atoms with van der Waals surface area (Å²) in [5.41, 5.74) is 1.39. The van der Waals surface area contributed by atoms with Crippen LogP contribution in [0, 0.1) is 0 Å². The number of piperazine rings is 1. The normalized spacial score (nSPS) is 16.9. The number of hydrogen-bond donors (Lipinski definition) is 1. The van der Waals surface area contributed by atoms with Crippen molar-refractivity contribution in [2.24, 2.45) is 0 Å². The Balaban J connectivity index is 1.62. The average Bonchev–Trinajstić information content (AvgIpc) is 2.48. The van der Waals surface area contributed by atoms with E-state index >= 15 is 0 Å². The molecule has 0 unspecified atom stereocenters. The maximum atomic E-state index is 3.40. The van der Waals surface area contributed by atoms with Crippen LogP contribution in [-0.4, -0.2) is 49.7 Å². The van der Waals surface area contributed by atoms with Gasteiger partial charge in [0.1, 0.15) is 0 Å². The quantitative estimate of drug-likeness (QED) is 0.917. The van der Waals surface area contributed by atoms with Gasteiger partial charge in [0, 0.05) is 32.7 Å². The van der Waals surface area contributed by atoms with Gasteiger partial charge >= 0.3 is 0 Å². The second-order valence-corrected chi connectivity index (χ2v) is 5.71. The summed E-state index contributed by atoms with van der Waals surface area (Å²) < 4.78 is 0. The van der Waals surface area contributed by atoms with E-state index in [1.165, 1.54) is 16.3 Å². The Morgan fingerprint density at radius 1 is 1.05 bits per heavy atom. The minimum absolute atomic E-state index is 1.01. The van der Waals surface area contributed by atoms with E-state index in [0.717, 1.165) is 39.4 Å². The lowest BCUT2D eigenvalue weighted by Gasteiger charge is -2.31. The van der Waals surface area contributed by atoms with Crippen molar-refractivity contribution in [1.29, 1.82) is 0 Å². The van der Waals surface area contributed by atoms with Gasteiger partial charge in [0.25, 0.3) is 0 Å².